The molecule has 5 nitrogen and oxygen atoms in total. The van der Waals surface area contributed by atoms with Crippen molar-refractivity contribution in [2.45, 2.75) is 26.3 Å². The van der Waals surface area contributed by atoms with Crippen LogP contribution in [0.5, 0.6) is 0 Å². The summed E-state index contributed by atoms with van der Waals surface area (Å²) in [6.07, 6.45) is 1.88. The number of carbonyl (C=O) groups is 2. The van der Waals surface area contributed by atoms with E-state index in [1.54, 1.807) is 43.5 Å². The maximum atomic E-state index is 12.0. The van der Waals surface area contributed by atoms with Crippen LogP contribution >= 0.6 is 0 Å². The van der Waals surface area contributed by atoms with E-state index in [0.29, 0.717) is 11.4 Å². The van der Waals surface area contributed by atoms with Crippen molar-refractivity contribution < 1.29 is 9.59 Å². The molecule has 1 unspecified atom stereocenters. The Morgan fingerprint density at radius 2 is 1.86 bits per heavy atom. The van der Waals surface area contributed by atoms with Gasteiger partial charge in [-0.2, -0.15) is 0 Å². The fraction of sp³-hybridized carbons (Fsp3) is 0.235. The Balaban J connectivity index is 1.83. The SMILES string of the molecule is Cc1ccc(NC(=O)CC(C)NC(=O)c2ccccc2)nc1. The van der Waals surface area contributed by atoms with Crippen LogP contribution in [0.4, 0.5) is 5.82 Å². The van der Waals surface area contributed by atoms with Gasteiger partial charge in [0.1, 0.15) is 5.82 Å². The second-order valence-electron chi connectivity index (χ2n) is 5.21. The number of aryl methyl sites for hydroxylation is 1. The van der Waals surface area contributed by atoms with E-state index in [1.807, 2.05) is 19.1 Å². The lowest BCUT2D eigenvalue weighted by Crippen LogP contribution is -2.35. The van der Waals surface area contributed by atoms with Crippen molar-refractivity contribution in [3.63, 3.8) is 0 Å². The predicted octanol–water partition coefficient (Wildman–Crippen LogP) is 2.54. The van der Waals surface area contributed by atoms with Crippen LogP contribution in [0.3, 0.4) is 0 Å². The Morgan fingerprint density at radius 3 is 2.50 bits per heavy atom. The molecule has 0 radical (unpaired) electrons. The fourth-order valence-electron chi connectivity index (χ4n) is 1.96. The maximum Gasteiger partial charge on any atom is 0.251 e. The van der Waals surface area contributed by atoms with Crippen molar-refractivity contribution in [3.8, 4) is 0 Å². The van der Waals surface area contributed by atoms with Crippen LogP contribution in [-0.2, 0) is 4.79 Å². The standard InChI is InChI=1S/C17H19N3O2/c1-12-8-9-15(18-11-12)20-16(21)10-13(2)19-17(22)14-6-4-3-5-7-14/h3-9,11,13H,10H2,1-2H3,(H,19,22)(H,18,20,21). The number of amides is 2. The van der Waals surface area contributed by atoms with Gasteiger partial charge in [-0.1, -0.05) is 24.3 Å². The summed E-state index contributed by atoms with van der Waals surface area (Å²) in [6.45, 7) is 3.72. The first kappa shape index (κ1) is 15.7. The van der Waals surface area contributed by atoms with E-state index in [4.69, 9.17) is 0 Å². The van der Waals surface area contributed by atoms with Crippen molar-refractivity contribution in [1.29, 1.82) is 0 Å². The highest BCUT2D eigenvalue weighted by atomic mass is 16.2. The molecule has 0 bridgehead atoms. The zero-order valence-electron chi connectivity index (χ0n) is 12.7. The molecule has 0 aliphatic heterocycles. The van der Waals surface area contributed by atoms with E-state index < -0.39 is 0 Å². The summed E-state index contributed by atoms with van der Waals surface area (Å²) in [5, 5.41) is 5.51. The number of nitrogens with one attached hydrogen (secondary N) is 2. The number of pyridine rings is 1. The average Bonchev–Trinajstić information content (AvgIpc) is 2.50. The lowest BCUT2D eigenvalue weighted by Gasteiger charge is -2.13. The second kappa shape index (κ2) is 7.36. The van der Waals surface area contributed by atoms with Crippen molar-refractivity contribution in [1.82, 2.24) is 10.3 Å². The summed E-state index contributed by atoms with van der Waals surface area (Å²) in [7, 11) is 0. The largest absolute Gasteiger partial charge is 0.349 e. The van der Waals surface area contributed by atoms with Crippen LogP contribution in [-0.4, -0.2) is 22.8 Å². The van der Waals surface area contributed by atoms with E-state index in [-0.39, 0.29) is 24.3 Å². The van der Waals surface area contributed by atoms with Crippen molar-refractivity contribution in [3.05, 3.63) is 59.8 Å². The number of benzene rings is 1. The van der Waals surface area contributed by atoms with Crippen LogP contribution in [0.15, 0.2) is 48.7 Å². The number of hydrogen-bond acceptors (Lipinski definition) is 3. The number of anilines is 1. The number of carbonyl (C=O) groups excluding carboxylic acids is 2. The van der Waals surface area contributed by atoms with E-state index in [0.717, 1.165) is 5.56 Å². The van der Waals surface area contributed by atoms with Gasteiger partial charge in [0.15, 0.2) is 0 Å². The molecule has 0 aliphatic carbocycles. The molecule has 1 aromatic carbocycles. The molecule has 0 saturated heterocycles. The molecule has 2 aromatic rings. The first-order chi connectivity index (χ1) is 10.5. The Bertz CT molecular complexity index is 639. The zero-order valence-corrected chi connectivity index (χ0v) is 12.7. The van der Waals surface area contributed by atoms with Crippen LogP contribution in [0, 0.1) is 6.92 Å². The average molecular weight is 297 g/mol. The van der Waals surface area contributed by atoms with Crippen molar-refractivity contribution in [2.24, 2.45) is 0 Å². The summed E-state index contributed by atoms with van der Waals surface area (Å²) in [6, 6.07) is 12.3. The van der Waals surface area contributed by atoms with Gasteiger partial charge in [0, 0.05) is 24.2 Å². The minimum absolute atomic E-state index is 0.183. The van der Waals surface area contributed by atoms with Gasteiger partial charge in [0.05, 0.1) is 0 Å². The van der Waals surface area contributed by atoms with Crippen LogP contribution in [0.1, 0.15) is 29.3 Å². The van der Waals surface area contributed by atoms with Crippen molar-refractivity contribution in [2.75, 3.05) is 5.32 Å². The summed E-state index contributed by atoms with van der Waals surface area (Å²) in [5.41, 5.74) is 1.61. The van der Waals surface area contributed by atoms with Crippen LogP contribution < -0.4 is 10.6 Å². The molecule has 2 N–H and O–H groups in total. The molecular weight excluding hydrogens is 278 g/mol. The molecule has 2 rings (SSSR count). The minimum atomic E-state index is -0.266. The predicted molar refractivity (Wildman–Crippen MR) is 85.6 cm³/mol. The monoisotopic (exact) mass is 297 g/mol. The number of hydrogen-bond donors (Lipinski definition) is 2. The lowest BCUT2D eigenvalue weighted by atomic mass is 10.1. The minimum Gasteiger partial charge on any atom is -0.349 e. The Kier molecular flexibility index (Phi) is 5.25. The molecule has 0 spiro atoms. The molecule has 0 fully saturated rings. The van der Waals surface area contributed by atoms with Crippen LogP contribution in [0.25, 0.3) is 0 Å². The molecular formula is C17H19N3O2. The first-order valence-electron chi connectivity index (χ1n) is 7.13. The molecule has 0 saturated carbocycles. The molecule has 0 aliphatic rings. The molecule has 22 heavy (non-hydrogen) atoms. The molecule has 1 aromatic heterocycles. The molecule has 1 atom stereocenters. The highest BCUT2D eigenvalue weighted by Crippen LogP contribution is 2.05. The summed E-state index contributed by atoms with van der Waals surface area (Å²) in [5.74, 6) is 0.142. The third-order valence-electron chi connectivity index (χ3n) is 3.08. The van der Waals surface area contributed by atoms with Crippen LogP contribution in [0.2, 0.25) is 0 Å². The summed E-state index contributed by atoms with van der Waals surface area (Å²) < 4.78 is 0. The Morgan fingerprint density at radius 1 is 1.14 bits per heavy atom. The molecule has 1 heterocycles. The lowest BCUT2D eigenvalue weighted by molar-refractivity contribution is -0.116. The first-order valence-corrected chi connectivity index (χ1v) is 7.13. The van der Waals surface area contributed by atoms with Gasteiger partial charge in [-0.15, -0.1) is 0 Å². The second-order valence-corrected chi connectivity index (χ2v) is 5.21. The zero-order chi connectivity index (χ0) is 15.9. The third-order valence-corrected chi connectivity index (χ3v) is 3.08. The van der Waals surface area contributed by atoms with E-state index in [2.05, 4.69) is 15.6 Å². The van der Waals surface area contributed by atoms with Gasteiger partial charge < -0.3 is 10.6 Å². The highest BCUT2D eigenvalue weighted by Gasteiger charge is 2.13. The quantitative estimate of drug-likeness (QED) is 0.891. The normalized spacial score (nSPS) is 11.5. The van der Waals surface area contributed by atoms with E-state index >= 15 is 0 Å². The topological polar surface area (TPSA) is 71.1 Å². The van der Waals surface area contributed by atoms with Gasteiger partial charge in [-0.05, 0) is 37.6 Å². The number of nitrogens with zero attached hydrogens (tertiary/aromatic N) is 1. The smallest absolute Gasteiger partial charge is 0.251 e. The van der Waals surface area contributed by atoms with Crippen molar-refractivity contribution >= 4 is 17.6 Å². The van der Waals surface area contributed by atoms with Gasteiger partial charge >= 0.3 is 0 Å². The molecule has 2 amide bonds. The fourth-order valence-corrected chi connectivity index (χ4v) is 1.96. The van der Waals surface area contributed by atoms with E-state index in [9.17, 15) is 9.59 Å². The third kappa shape index (κ3) is 4.70. The Labute approximate surface area is 129 Å². The summed E-state index contributed by atoms with van der Waals surface area (Å²) >= 11 is 0. The van der Waals surface area contributed by atoms with Gasteiger partial charge in [0.2, 0.25) is 5.91 Å². The number of aromatic nitrogens is 1. The van der Waals surface area contributed by atoms with Gasteiger partial charge in [-0.25, -0.2) is 4.98 Å². The van der Waals surface area contributed by atoms with Gasteiger partial charge in [-0.3, -0.25) is 9.59 Å². The van der Waals surface area contributed by atoms with E-state index in [1.165, 1.54) is 0 Å². The molecule has 5 heteroatoms. The Hall–Kier alpha value is -2.69. The summed E-state index contributed by atoms with van der Waals surface area (Å²) in [4.78, 5) is 28.0. The number of rotatable bonds is 5. The maximum absolute atomic E-state index is 12.0. The van der Waals surface area contributed by atoms with Gasteiger partial charge in [0.25, 0.3) is 5.91 Å². The highest BCUT2D eigenvalue weighted by molar-refractivity contribution is 5.95. The molecule has 114 valence electrons.